The summed E-state index contributed by atoms with van der Waals surface area (Å²) >= 11 is 0. The van der Waals surface area contributed by atoms with E-state index in [2.05, 4.69) is 0 Å². The predicted octanol–water partition coefficient (Wildman–Crippen LogP) is 3.16. The molecule has 3 heteroatoms. The fraction of sp³-hybridized carbons (Fsp3) is 0.154. The average Bonchev–Trinajstić information content (AvgIpc) is 2.73. The van der Waals surface area contributed by atoms with E-state index in [0.29, 0.717) is 16.9 Å². The molecule has 0 aliphatic rings. The smallest absolute Gasteiger partial charge is 0.163 e. The SMILES string of the molecule is CC(=O)c1cc(C)cc(-c2ccco2)c1O. The Morgan fingerprint density at radius 3 is 2.69 bits per heavy atom. The van der Waals surface area contributed by atoms with Crippen molar-refractivity contribution < 1.29 is 14.3 Å². The largest absolute Gasteiger partial charge is 0.506 e. The molecule has 0 unspecified atom stereocenters. The summed E-state index contributed by atoms with van der Waals surface area (Å²) in [7, 11) is 0. The van der Waals surface area contributed by atoms with Gasteiger partial charge in [0.15, 0.2) is 5.78 Å². The lowest BCUT2D eigenvalue weighted by molar-refractivity contribution is 0.101. The van der Waals surface area contributed by atoms with Gasteiger partial charge in [0.05, 0.1) is 17.4 Å². The van der Waals surface area contributed by atoms with Crippen LogP contribution in [-0.4, -0.2) is 10.9 Å². The van der Waals surface area contributed by atoms with Gasteiger partial charge in [0.25, 0.3) is 0 Å². The normalized spacial score (nSPS) is 10.4. The van der Waals surface area contributed by atoms with Crippen molar-refractivity contribution in [2.24, 2.45) is 0 Å². The fourth-order valence-electron chi connectivity index (χ4n) is 1.67. The summed E-state index contributed by atoms with van der Waals surface area (Å²) in [6.07, 6.45) is 1.53. The number of hydrogen-bond donors (Lipinski definition) is 1. The molecule has 0 spiro atoms. The number of carbonyl (C=O) groups excluding carboxylic acids is 1. The number of Topliss-reactive ketones (excluding diaryl/α,β-unsaturated/α-hetero) is 1. The molecule has 1 aromatic heterocycles. The lowest BCUT2D eigenvalue weighted by Gasteiger charge is -2.07. The average molecular weight is 216 g/mol. The van der Waals surface area contributed by atoms with Gasteiger partial charge >= 0.3 is 0 Å². The van der Waals surface area contributed by atoms with Crippen LogP contribution >= 0.6 is 0 Å². The van der Waals surface area contributed by atoms with Crippen molar-refractivity contribution in [1.82, 2.24) is 0 Å². The van der Waals surface area contributed by atoms with E-state index in [1.807, 2.05) is 6.92 Å². The second-order valence-corrected chi connectivity index (χ2v) is 3.74. The monoisotopic (exact) mass is 216 g/mol. The van der Waals surface area contributed by atoms with E-state index in [9.17, 15) is 9.90 Å². The van der Waals surface area contributed by atoms with Crippen molar-refractivity contribution in [3.63, 3.8) is 0 Å². The highest BCUT2D eigenvalue weighted by Crippen LogP contribution is 2.33. The Balaban J connectivity index is 2.67. The van der Waals surface area contributed by atoms with Crippen molar-refractivity contribution in [3.05, 3.63) is 41.7 Å². The van der Waals surface area contributed by atoms with Crippen LogP contribution in [-0.2, 0) is 0 Å². The standard InChI is InChI=1S/C13H12O3/c1-8-6-10(9(2)14)13(15)11(7-8)12-4-3-5-16-12/h3-7,15H,1-2H3. The Morgan fingerprint density at radius 1 is 1.38 bits per heavy atom. The van der Waals surface area contributed by atoms with E-state index < -0.39 is 0 Å². The van der Waals surface area contributed by atoms with E-state index >= 15 is 0 Å². The van der Waals surface area contributed by atoms with Crippen molar-refractivity contribution in [2.45, 2.75) is 13.8 Å². The van der Waals surface area contributed by atoms with Crippen LogP contribution < -0.4 is 0 Å². The Kier molecular flexibility index (Phi) is 2.52. The topological polar surface area (TPSA) is 50.4 Å². The van der Waals surface area contributed by atoms with Crippen LogP contribution in [0.3, 0.4) is 0 Å². The number of carbonyl (C=O) groups is 1. The predicted molar refractivity (Wildman–Crippen MR) is 60.6 cm³/mol. The summed E-state index contributed by atoms with van der Waals surface area (Å²) in [6.45, 7) is 3.30. The van der Waals surface area contributed by atoms with Crippen LogP contribution in [0.4, 0.5) is 0 Å². The first-order chi connectivity index (χ1) is 7.59. The van der Waals surface area contributed by atoms with Crippen LogP contribution in [0, 0.1) is 6.92 Å². The quantitative estimate of drug-likeness (QED) is 0.784. The summed E-state index contributed by atoms with van der Waals surface area (Å²) in [4.78, 5) is 11.3. The van der Waals surface area contributed by atoms with Gasteiger partial charge in [-0.1, -0.05) is 0 Å². The number of hydrogen-bond acceptors (Lipinski definition) is 3. The minimum Gasteiger partial charge on any atom is -0.506 e. The van der Waals surface area contributed by atoms with Crippen molar-refractivity contribution in [2.75, 3.05) is 0 Å². The van der Waals surface area contributed by atoms with E-state index in [-0.39, 0.29) is 11.5 Å². The number of aryl methyl sites for hydroxylation is 1. The third kappa shape index (κ3) is 1.72. The van der Waals surface area contributed by atoms with Gasteiger partial charge in [-0.05, 0) is 43.7 Å². The molecule has 0 aliphatic heterocycles. The summed E-state index contributed by atoms with van der Waals surface area (Å²) in [5.74, 6) is 0.380. The number of ketones is 1. The van der Waals surface area contributed by atoms with Gasteiger partial charge < -0.3 is 9.52 Å². The first-order valence-corrected chi connectivity index (χ1v) is 4.98. The second kappa shape index (κ2) is 3.85. The lowest BCUT2D eigenvalue weighted by atomic mass is 10.0. The van der Waals surface area contributed by atoms with E-state index in [1.54, 1.807) is 24.3 Å². The van der Waals surface area contributed by atoms with Crippen molar-refractivity contribution >= 4 is 5.78 Å². The highest BCUT2D eigenvalue weighted by Gasteiger charge is 2.14. The number of phenols is 1. The van der Waals surface area contributed by atoms with Crippen LogP contribution in [0.2, 0.25) is 0 Å². The highest BCUT2D eigenvalue weighted by molar-refractivity contribution is 5.99. The molecule has 0 radical (unpaired) electrons. The Labute approximate surface area is 93.3 Å². The summed E-state index contributed by atoms with van der Waals surface area (Å²) in [5.41, 5.74) is 1.79. The molecule has 0 saturated carbocycles. The van der Waals surface area contributed by atoms with Gasteiger partial charge in [-0.15, -0.1) is 0 Å². The van der Waals surface area contributed by atoms with Gasteiger partial charge in [0.2, 0.25) is 0 Å². The van der Waals surface area contributed by atoms with Gasteiger partial charge in [-0.3, -0.25) is 4.79 Å². The van der Waals surface area contributed by atoms with Gasteiger partial charge in [-0.25, -0.2) is 0 Å². The van der Waals surface area contributed by atoms with Gasteiger partial charge in [0.1, 0.15) is 11.5 Å². The maximum Gasteiger partial charge on any atom is 0.163 e. The summed E-state index contributed by atoms with van der Waals surface area (Å²) in [6, 6.07) is 6.95. The molecular weight excluding hydrogens is 204 g/mol. The molecule has 0 amide bonds. The molecule has 0 bridgehead atoms. The van der Waals surface area contributed by atoms with E-state index in [4.69, 9.17) is 4.42 Å². The van der Waals surface area contributed by atoms with Crippen LogP contribution in [0.1, 0.15) is 22.8 Å². The molecular formula is C13H12O3. The number of aromatic hydroxyl groups is 1. The first kappa shape index (κ1) is 10.5. The minimum absolute atomic E-state index is 0.0203. The van der Waals surface area contributed by atoms with Crippen LogP contribution in [0.5, 0.6) is 5.75 Å². The van der Waals surface area contributed by atoms with Crippen molar-refractivity contribution in [3.8, 4) is 17.1 Å². The number of rotatable bonds is 2. The molecule has 0 saturated heterocycles. The van der Waals surface area contributed by atoms with Crippen molar-refractivity contribution in [1.29, 1.82) is 0 Å². The van der Waals surface area contributed by atoms with E-state index in [0.717, 1.165) is 5.56 Å². The number of phenolic OH excluding ortho intramolecular Hbond substituents is 1. The van der Waals surface area contributed by atoms with Crippen LogP contribution in [0.25, 0.3) is 11.3 Å². The van der Waals surface area contributed by atoms with Gasteiger partial charge in [-0.2, -0.15) is 0 Å². The zero-order chi connectivity index (χ0) is 11.7. The molecule has 0 aliphatic carbocycles. The maximum absolute atomic E-state index is 11.3. The third-order valence-corrected chi connectivity index (χ3v) is 2.42. The van der Waals surface area contributed by atoms with Gasteiger partial charge in [0, 0.05) is 0 Å². The minimum atomic E-state index is -0.158. The molecule has 0 atom stereocenters. The molecule has 16 heavy (non-hydrogen) atoms. The highest BCUT2D eigenvalue weighted by atomic mass is 16.3. The van der Waals surface area contributed by atoms with Crippen LogP contribution in [0.15, 0.2) is 34.9 Å². The second-order valence-electron chi connectivity index (χ2n) is 3.74. The molecule has 3 nitrogen and oxygen atoms in total. The molecule has 82 valence electrons. The maximum atomic E-state index is 11.3. The zero-order valence-electron chi connectivity index (χ0n) is 9.15. The lowest BCUT2D eigenvalue weighted by Crippen LogP contribution is -1.95. The zero-order valence-corrected chi connectivity index (χ0v) is 9.15. The molecule has 1 heterocycles. The van der Waals surface area contributed by atoms with E-state index in [1.165, 1.54) is 13.2 Å². The summed E-state index contributed by atoms with van der Waals surface area (Å²) < 4.78 is 5.22. The Morgan fingerprint density at radius 2 is 2.12 bits per heavy atom. The third-order valence-electron chi connectivity index (χ3n) is 2.42. The first-order valence-electron chi connectivity index (χ1n) is 4.98. The molecule has 0 fully saturated rings. The number of furan rings is 1. The number of benzene rings is 1. The molecule has 2 aromatic rings. The Bertz CT molecular complexity index is 524. The fourth-order valence-corrected chi connectivity index (χ4v) is 1.67. The summed E-state index contributed by atoms with van der Waals surface area (Å²) in [5, 5.41) is 9.97. The Hall–Kier alpha value is -2.03. The molecule has 1 aromatic carbocycles. The molecule has 2 rings (SSSR count). The molecule has 1 N–H and O–H groups in total.